The number of thiophene rings is 1. The van der Waals surface area contributed by atoms with Crippen LogP contribution in [0.4, 0.5) is 5.95 Å². The van der Waals surface area contributed by atoms with Gasteiger partial charge in [-0.25, -0.2) is 9.97 Å². The molecule has 1 saturated heterocycles. The van der Waals surface area contributed by atoms with Gasteiger partial charge in [0.2, 0.25) is 5.95 Å². The van der Waals surface area contributed by atoms with Crippen LogP contribution >= 0.6 is 11.3 Å². The Kier molecular flexibility index (Phi) is 6.32. The van der Waals surface area contributed by atoms with E-state index in [1.165, 1.54) is 16.9 Å². The zero-order chi connectivity index (χ0) is 20.1. The van der Waals surface area contributed by atoms with E-state index in [4.69, 9.17) is 0 Å². The van der Waals surface area contributed by atoms with Crippen molar-refractivity contribution in [2.24, 2.45) is 5.92 Å². The van der Waals surface area contributed by atoms with Crippen LogP contribution in [0.5, 0.6) is 0 Å². The van der Waals surface area contributed by atoms with Crippen LogP contribution in [0.1, 0.15) is 29.3 Å². The highest BCUT2D eigenvalue weighted by atomic mass is 32.1. The van der Waals surface area contributed by atoms with Crippen molar-refractivity contribution in [3.8, 4) is 0 Å². The molecule has 2 atom stereocenters. The molecule has 1 aliphatic rings. The molecule has 0 aliphatic carbocycles. The Morgan fingerprint density at radius 1 is 1.17 bits per heavy atom. The number of carbonyl (C=O) groups excluding carboxylic acids is 1. The molecule has 6 heteroatoms. The van der Waals surface area contributed by atoms with Gasteiger partial charge < -0.3 is 4.90 Å². The number of piperidine rings is 1. The fourth-order valence-electron chi connectivity index (χ4n) is 4.07. The number of anilines is 1. The van der Waals surface area contributed by atoms with E-state index >= 15 is 0 Å². The first-order valence-corrected chi connectivity index (χ1v) is 11.1. The maximum absolute atomic E-state index is 13.3. The molecule has 29 heavy (non-hydrogen) atoms. The summed E-state index contributed by atoms with van der Waals surface area (Å²) < 4.78 is 0. The molecule has 2 aromatic heterocycles. The van der Waals surface area contributed by atoms with E-state index in [9.17, 15) is 4.79 Å². The van der Waals surface area contributed by atoms with Crippen LogP contribution in [-0.2, 0) is 6.42 Å². The molecule has 4 rings (SSSR count). The molecule has 0 N–H and O–H groups in total. The van der Waals surface area contributed by atoms with Gasteiger partial charge in [0.15, 0.2) is 0 Å². The Balaban J connectivity index is 1.47. The van der Waals surface area contributed by atoms with Gasteiger partial charge in [-0.2, -0.15) is 11.3 Å². The summed E-state index contributed by atoms with van der Waals surface area (Å²) in [6.45, 7) is 5.22. The van der Waals surface area contributed by atoms with E-state index in [1.54, 1.807) is 18.5 Å². The summed E-state index contributed by atoms with van der Waals surface area (Å²) in [6.07, 6.45) is 5.38. The quantitative estimate of drug-likeness (QED) is 0.617. The molecule has 3 heterocycles. The number of benzene rings is 1. The molecule has 3 aromatic rings. The Hall–Kier alpha value is -2.57. The highest BCUT2D eigenvalue weighted by Crippen LogP contribution is 2.27. The summed E-state index contributed by atoms with van der Waals surface area (Å²) in [4.78, 5) is 26.4. The molecule has 0 bridgehead atoms. The molecule has 0 spiro atoms. The first-order chi connectivity index (χ1) is 14.2. The number of hydrogen-bond acceptors (Lipinski definition) is 5. The summed E-state index contributed by atoms with van der Waals surface area (Å²) >= 11 is 1.54. The Morgan fingerprint density at radius 2 is 1.97 bits per heavy atom. The lowest BCUT2D eigenvalue weighted by molar-refractivity contribution is 0.0930. The van der Waals surface area contributed by atoms with Crippen molar-refractivity contribution in [1.82, 2.24) is 14.9 Å². The Labute approximate surface area is 176 Å². The molecular weight excluding hydrogens is 380 g/mol. The van der Waals surface area contributed by atoms with E-state index in [0.717, 1.165) is 32.5 Å². The summed E-state index contributed by atoms with van der Waals surface area (Å²) in [7, 11) is 0. The van der Waals surface area contributed by atoms with E-state index < -0.39 is 0 Å². The number of amides is 1. The van der Waals surface area contributed by atoms with E-state index in [2.05, 4.69) is 52.1 Å². The van der Waals surface area contributed by atoms with Crippen molar-refractivity contribution >= 4 is 23.2 Å². The van der Waals surface area contributed by atoms with Gasteiger partial charge in [0.05, 0.1) is 5.56 Å². The monoisotopic (exact) mass is 406 g/mol. The van der Waals surface area contributed by atoms with Gasteiger partial charge in [0.25, 0.3) is 5.91 Å². The second-order valence-corrected chi connectivity index (χ2v) is 8.39. The van der Waals surface area contributed by atoms with Gasteiger partial charge in [-0.05, 0) is 41.8 Å². The fraction of sp³-hybridized carbons (Fsp3) is 0.348. The average Bonchev–Trinajstić information content (AvgIpc) is 3.30. The predicted octanol–water partition coefficient (Wildman–Crippen LogP) is 4.14. The van der Waals surface area contributed by atoms with Crippen molar-refractivity contribution in [3.63, 3.8) is 0 Å². The van der Waals surface area contributed by atoms with Gasteiger partial charge in [0.1, 0.15) is 0 Å². The van der Waals surface area contributed by atoms with Crippen LogP contribution in [0.15, 0.2) is 65.6 Å². The second-order valence-electron chi connectivity index (χ2n) is 7.61. The zero-order valence-electron chi connectivity index (χ0n) is 16.6. The summed E-state index contributed by atoms with van der Waals surface area (Å²) in [5.74, 6) is 0.830. The topological polar surface area (TPSA) is 49.3 Å². The minimum atomic E-state index is -0.00737. The highest BCUT2D eigenvalue weighted by molar-refractivity contribution is 7.08. The lowest BCUT2D eigenvalue weighted by atomic mass is 9.91. The number of carbonyl (C=O) groups is 1. The average molecular weight is 407 g/mol. The Morgan fingerprint density at radius 3 is 2.66 bits per heavy atom. The first-order valence-electron chi connectivity index (χ1n) is 10.1. The van der Waals surface area contributed by atoms with Crippen molar-refractivity contribution in [3.05, 3.63) is 76.7 Å². The largest absolute Gasteiger partial charge is 0.303 e. The van der Waals surface area contributed by atoms with Gasteiger partial charge in [0, 0.05) is 43.4 Å². The molecule has 0 unspecified atom stereocenters. The Bertz CT molecular complexity index is 901. The maximum Gasteiger partial charge on any atom is 0.261 e. The standard InChI is InChI=1S/C23H26N4OS/c1-18-16-26(13-8-19-6-3-2-4-7-19)14-9-21(18)27(23-24-11-5-12-25-23)22(28)20-10-15-29-17-20/h2-7,10-12,15,17-18,21H,8-9,13-14,16H2,1H3/t18-,21+/m0/s1. The van der Waals surface area contributed by atoms with E-state index in [-0.39, 0.29) is 11.9 Å². The molecular formula is C23H26N4OS. The third-order valence-electron chi connectivity index (χ3n) is 5.59. The van der Waals surface area contributed by atoms with Crippen LogP contribution in [0.3, 0.4) is 0 Å². The summed E-state index contributed by atoms with van der Waals surface area (Å²) in [5.41, 5.74) is 2.08. The molecule has 5 nitrogen and oxygen atoms in total. The predicted molar refractivity (Wildman–Crippen MR) is 117 cm³/mol. The zero-order valence-corrected chi connectivity index (χ0v) is 17.5. The summed E-state index contributed by atoms with van der Waals surface area (Å²) in [5, 5.41) is 3.84. The number of rotatable bonds is 6. The SMILES string of the molecule is C[C@H]1CN(CCc2ccccc2)CC[C@H]1N(C(=O)c1ccsc1)c1ncccn1. The van der Waals surface area contributed by atoms with Crippen LogP contribution < -0.4 is 4.90 Å². The lowest BCUT2D eigenvalue weighted by Gasteiger charge is -2.41. The normalized spacial score (nSPS) is 19.8. The van der Waals surface area contributed by atoms with Crippen molar-refractivity contribution in [2.75, 3.05) is 24.5 Å². The molecule has 1 aliphatic heterocycles. The third-order valence-corrected chi connectivity index (χ3v) is 6.27. The molecule has 0 saturated carbocycles. The molecule has 1 fully saturated rings. The minimum absolute atomic E-state index is 0.00737. The number of aromatic nitrogens is 2. The van der Waals surface area contributed by atoms with Crippen LogP contribution in [0, 0.1) is 5.92 Å². The number of nitrogens with zero attached hydrogens (tertiary/aromatic N) is 4. The number of likely N-dealkylation sites (tertiary alicyclic amines) is 1. The lowest BCUT2D eigenvalue weighted by Crippen LogP contribution is -2.53. The van der Waals surface area contributed by atoms with Crippen LogP contribution in [0.25, 0.3) is 0 Å². The molecule has 1 amide bonds. The van der Waals surface area contributed by atoms with Crippen molar-refractivity contribution in [1.29, 1.82) is 0 Å². The van der Waals surface area contributed by atoms with E-state index in [0.29, 0.717) is 17.4 Å². The highest BCUT2D eigenvalue weighted by Gasteiger charge is 2.35. The summed E-state index contributed by atoms with van der Waals surface area (Å²) in [6, 6.07) is 14.4. The first kappa shape index (κ1) is 19.7. The van der Waals surface area contributed by atoms with Gasteiger partial charge in [-0.3, -0.25) is 9.69 Å². The second kappa shape index (κ2) is 9.29. The van der Waals surface area contributed by atoms with Gasteiger partial charge in [-0.1, -0.05) is 37.3 Å². The van der Waals surface area contributed by atoms with E-state index in [1.807, 2.05) is 21.7 Å². The maximum atomic E-state index is 13.3. The van der Waals surface area contributed by atoms with Crippen LogP contribution in [-0.4, -0.2) is 46.5 Å². The third kappa shape index (κ3) is 4.71. The van der Waals surface area contributed by atoms with Crippen molar-refractivity contribution in [2.45, 2.75) is 25.8 Å². The van der Waals surface area contributed by atoms with Gasteiger partial charge in [-0.15, -0.1) is 0 Å². The smallest absolute Gasteiger partial charge is 0.261 e. The molecule has 150 valence electrons. The van der Waals surface area contributed by atoms with Crippen LogP contribution in [0.2, 0.25) is 0 Å². The minimum Gasteiger partial charge on any atom is -0.303 e. The van der Waals surface area contributed by atoms with Crippen molar-refractivity contribution < 1.29 is 4.79 Å². The molecule has 0 radical (unpaired) electrons. The number of hydrogen-bond donors (Lipinski definition) is 0. The van der Waals surface area contributed by atoms with Gasteiger partial charge >= 0.3 is 0 Å². The fourth-order valence-corrected chi connectivity index (χ4v) is 4.70. The molecule has 1 aromatic carbocycles.